The minimum Gasteiger partial charge on any atom is -0.545 e. The van der Waals surface area contributed by atoms with Crippen molar-refractivity contribution in [3.05, 3.63) is 47.7 Å². The van der Waals surface area contributed by atoms with Crippen LogP contribution in [-0.4, -0.2) is 30.6 Å². The molecule has 2 rings (SSSR count). The van der Waals surface area contributed by atoms with Crippen molar-refractivity contribution in [3.8, 4) is 17.0 Å². The number of ether oxygens (including phenoxy) is 2. The molecule has 1 heterocycles. The van der Waals surface area contributed by atoms with Gasteiger partial charge in [0.15, 0.2) is 5.75 Å². The molecule has 0 aliphatic rings. The highest BCUT2D eigenvalue weighted by Gasteiger charge is 2.24. The van der Waals surface area contributed by atoms with Crippen LogP contribution in [0.1, 0.15) is 27.6 Å². The molecule has 0 bridgehead atoms. The van der Waals surface area contributed by atoms with Crippen LogP contribution in [0.25, 0.3) is 11.3 Å². The zero-order chi connectivity index (χ0) is 16.1. The Balaban J connectivity index is 2.71. The summed E-state index contributed by atoms with van der Waals surface area (Å²) in [6.07, 6.45) is 1.08. The summed E-state index contributed by atoms with van der Waals surface area (Å²) in [6, 6.07) is 8.98. The number of carbonyl (C=O) groups excluding carboxylic acids is 2. The second-order valence-corrected chi connectivity index (χ2v) is 4.30. The first-order valence-electron chi connectivity index (χ1n) is 6.61. The normalized spacial score (nSPS) is 10.1. The first kappa shape index (κ1) is 15.5. The number of carbonyl (C=O) groups is 2. The van der Waals surface area contributed by atoms with Crippen molar-refractivity contribution in [1.29, 1.82) is 0 Å². The highest BCUT2D eigenvalue weighted by atomic mass is 16.5. The lowest BCUT2D eigenvalue weighted by Gasteiger charge is -2.16. The van der Waals surface area contributed by atoms with Crippen LogP contribution in [0.5, 0.6) is 5.75 Å². The Hall–Kier alpha value is -2.89. The lowest BCUT2D eigenvalue weighted by molar-refractivity contribution is -0.255. The fourth-order valence-electron chi connectivity index (χ4n) is 2.05. The summed E-state index contributed by atoms with van der Waals surface area (Å²) in [7, 11) is 1.34. The largest absolute Gasteiger partial charge is 0.545 e. The summed E-state index contributed by atoms with van der Waals surface area (Å²) >= 11 is 0. The molecule has 0 aliphatic heterocycles. The van der Waals surface area contributed by atoms with Crippen LogP contribution in [-0.2, 0) is 4.74 Å². The Morgan fingerprint density at radius 3 is 2.45 bits per heavy atom. The summed E-state index contributed by atoms with van der Waals surface area (Å²) < 4.78 is 10.1. The number of nitrogens with zero attached hydrogens (tertiary/aromatic N) is 1. The van der Waals surface area contributed by atoms with Gasteiger partial charge in [0, 0.05) is 17.3 Å². The molecule has 6 nitrogen and oxygen atoms in total. The molecule has 0 unspecified atom stereocenters. The molecule has 1 aromatic carbocycles. The van der Waals surface area contributed by atoms with E-state index in [1.54, 1.807) is 31.2 Å². The number of rotatable bonds is 5. The van der Waals surface area contributed by atoms with Crippen LogP contribution in [0, 0.1) is 0 Å². The summed E-state index contributed by atoms with van der Waals surface area (Å²) in [5, 5.41) is 11.2. The highest BCUT2D eigenvalue weighted by molar-refractivity contribution is 6.05. The number of methoxy groups -OCH3 is 1. The third kappa shape index (κ3) is 2.90. The summed E-state index contributed by atoms with van der Waals surface area (Å²) in [6.45, 7) is 1.74. The number of aromatic nitrogens is 1. The number of hydrogen-bond donors (Lipinski definition) is 0. The van der Waals surface area contributed by atoms with Crippen LogP contribution in [0.3, 0.4) is 0 Å². The van der Waals surface area contributed by atoms with E-state index in [1.807, 2.05) is 6.07 Å². The number of carboxylic acids is 1. The monoisotopic (exact) mass is 300 g/mol. The van der Waals surface area contributed by atoms with Crippen molar-refractivity contribution in [2.24, 2.45) is 0 Å². The SMILES string of the molecule is CCOC(=O)c1c(C(=O)[O-])cnc(-c2ccccc2)c1OC. The number of esters is 1. The Labute approximate surface area is 127 Å². The van der Waals surface area contributed by atoms with Crippen LogP contribution in [0.15, 0.2) is 36.5 Å². The van der Waals surface area contributed by atoms with Gasteiger partial charge in [-0.1, -0.05) is 30.3 Å². The van der Waals surface area contributed by atoms with E-state index in [-0.39, 0.29) is 23.5 Å². The Kier molecular flexibility index (Phi) is 4.73. The van der Waals surface area contributed by atoms with Gasteiger partial charge >= 0.3 is 5.97 Å². The van der Waals surface area contributed by atoms with Gasteiger partial charge in [0.1, 0.15) is 11.3 Å². The third-order valence-electron chi connectivity index (χ3n) is 2.99. The van der Waals surface area contributed by atoms with Gasteiger partial charge in [-0.05, 0) is 6.92 Å². The molecule has 0 aliphatic carbocycles. The van der Waals surface area contributed by atoms with Gasteiger partial charge in [-0.2, -0.15) is 0 Å². The Morgan fingerprint density at radius 1 is 1.23 bits per heavy atom. The summed E-state index contributed by atoms with van der Waals surface area (Å²) in [5.41, 5.74) is 0.485. The first-order chi connectivity index (χ1) is 10.6. The lowest BCUT2D eigenvalue weighted by Crippen LogP contribution is -2.26. The van der Waals surface area contributed by atoms with Gasteiger partial charge in [0.25, 0.3) is 0 Å². The van der Waals surface area contributed by atoms with Gasteiger partial charge in [0.2, 0.25) is 0 Å². The number of pyridine rings is 1. The van der Waals surface area contributed by atoms with Crippen molar-refractivity contribution >= 4 is 11.9 Å². The maximum absolute atomic E-state index is 12.1. The molecule has 6 heteroatoms. The molecule has 0 spiro atoms. The maximum Gasteiger partial charge on any atom is 0.342 e. The second-order valence-electron chi connectivity index (χ2n) is 4.30. The molecule has 22 heavy (non-hydrogen) atoms. The maximum atomic E-state index is 12.1. The fourth-order valence-corrected chi connectivity index (χ4v) is 2.05. The van der Waals surface area contributed by atoms with Crippen molar-refractivity contribution in [1.82, 2.24) is 4.98 Å². The van der Waals surface area contributed by atoms with E-state index in [0.717, 1.165) is 6.20 Å². The quantitative estimate of drug-likeness (QED) is 0.773. The van der Waals surface area contributed by atoms with Crippen LogP contribution < -0.4 is 9.84 Å². The van der Waals surface area contributed by atoms with Crippen LogP contribution in [0.2, 0.25) is 0 Å². The molecule has 2 aromatic rings. The van der Waals surface area contributed by atoms with E-state index >= 15 is 0 Å². The number of hydrogen-bond acceptors (Lipinski definition) is 6. The molecule has 0 atom stereocenters. The van der Waals surface area contributed by atoms with E-state index in [9.17, 15) is 14.7 Å². The van der Waals surface area contributed by atoms with Gasteiger partial charge < -0.3 is 19.4 Å². The molecular formula is C16H14NO5-. The molecule has 0 saturated carbocycles. The van der Waals surface area contributed by atoms with Gasteiger partial charge in [-0.3, -0.25) is 4.98 Å². The fraction of sp³-hybridized carbons (Fsp3) is 0.188. The van der Waals surface area contributed by atoms with Gasteiger partial charge in [-0.15, -0.1) is 0 Å². The molecule has 0 saturated heterocycles. The summed E-state index contributed by atoms with van der Waals surface area (Å²) in [5.74, 6) is -2.27. The molecule has 1 aromatic heterocycles. The van der Waals surface area contributed by atoms with Gasteiger partial charge in [0.05, 0.1) is 19.7 Å². The van der Waals surface area contributed by atoms with E-state index in [4.69, 9.17) is 9.47 Å². The Bertz CT molecular complexity index is 697. The van der Waals surface area contributed by atoms with Crippen molar-refractivity contribution in [2.75, 3.05) is 13.7 Å². The predicted octanol–water partition coefficient (Wildman–Crippen LogP) is 1.30. The standard InChI is InChI=1S/C16H15NO5/c1-3-22-16(20)12-11(15(18)19)9-17-13(14(12)21-2)10-7-5-4-6-8-10/h4-9H,3H2,1-2H3,(H,18,19)/p-1. The topological polar surface area (TPSA) is 88.6 Å². The molecule has 0 radical (unpaired) electrons. The zero-order valence-corrected chi connectivity index (χ0v) is 12.2. The number of benzene rings is 1. The Morgan fingerprint density at radius 2 is 1.91 bits per heavy atom. The average molecular weight is 300 g/mol. The lowest BCUT2D eigenvalue weighted by atomic mass is 10.0. The second kappa shape index (κ2) is 6.71. The van der Waals surface area contributed by atoms with Crippen molar-refractivity contribution in [2.45, 2.75) is 6.92 Å². The average Bonchev–Trinajstić information content (AvgIpc) is 2.54. The molecule has 0 fully saturated rings. The first-order valence-corrected chi connectivity index (χ1v) is 6.61. The van der Waals surface area contributed by atoms with Gasteiger partial charge in [-0.25, -0.2) is 4.79 Å². The minimum atomic E-state index is -1.52. The minimum absolute atomic E-state index is 0.0475. The van der Waals surface area contributed by atoms with Crippen molar-refractivity contribution in [3.63, 3.8) is 0 Å². The number of aromatic carboxylic acids is 1. The highest BCUT2D eigenvalue weighted by Crippen LogP contribution is 2.33. The van der Waals surface area contributed by atoms with Crippen LogP contribution in [0.4, 0.5) is 0 Å². The van der Waals surface area contributed by atoms with E-state index in [2.05, 4.69) is 4.98 Å². The number of carboxylic acid groups (broad SMARTS) is 1. The molecular weight excluding hydrogens is 286 g/mol. The zero-order valence-electron chi connectivity index (χ0n) is 12.2. The molecule has 0 amide bonds. The summed E-state index contributed by atoms with van der Waals surface area (Å²) in [4.78, 5) is 27.4. The molecule has 114 valence electrons. The molecule has 0 N–H and O–H groups in total. The van der Waals surface area contributed by atoms with Crippen molar-refractivity contribution < 1.29 is 24.2 Å². The smallest absolute Gasteiger partial charge is 0.342 e. The predicted molar refractivity (Wildman–Crippen MR) is 76.5 cm³/mol. The van der Waals surface area contributed by atoms with Crippen LogP contribution >= 0.6 is 0 Å². The van der Waals surface area contributed by atoms with E-state index in [0.29, 0.717) is 11.3 Å². The van der Waals surface area contributed by atoms with E-state index in [1.165, 1.54) is 7.11 Å². The third-order valence-corrected chi connectivity index (χ3v) is 2.99. The van der Waals surface area contributed by atoms with E-state index < -0.39 is 11.9 Å².